The van der Waals surface area contributed by atoms with E-state index in [0.29, 0.717) is 13.1 Å². The van der Waals surface area contributed by atoms with Gasteiger partial charge >= 0.3 is 0 Å². The maximum Gasteiger partial charge on any atom is 0.250 e. The molecule has 0 spiro atoms. The number of anilines is 1. The second-order valence-corrected chi connectivity index (χ2v) is 6.31. The number of piperidine rings is 1. The Bertz CT molecular complexity index is 790. The van der Waals surface area contributed by atoms with Crippen molar-refractivity contribution in [2.75, 3.05) is 18.0 Å². The van der Waals surface area contributed by atoms with Crippen LogP contribution in [0.4, 0.5) is 10.1 Å². The molecular weight excluding hydrogens is 321 g/mol. The summed E-state index contributed by atoms with van der Waals surface area (Å²) in [6, 6.07) is 11.5. The second kappa shape index (κ2) is 7.96. The first-order valence-electron chi connectivity index (χ1n) is 8.57. The molecule has 3 rings (SSSR count). The highest BCUT2D eigenvalue weighted by Crippen LogP contribution is 2.20. The van der Waals surface area contributed by atoms with E-state index in [4.69, 9.17) is 0 Å². The lowest BCUT2D eigenvalue weighted by Crippen LogP contribution is -2.48. The van der Waals surface area contributed by atoms with Gasteiger partial charge in [-0.2, -0.15) is 0 Å². The first-order valence-corrected chi connectivity index (χ1v) is 8.57. The Hall–Kier alpha value is -2.63. The van der Waals surface area contributed by atoms with Gasteiger partial charge in [0.25, 0.3) is 5.56 Å². The molecule has 1 unspecified atom stereocenters. The van der Waals surface area contributed by atoms with Gasteiger partial charge in [-0.1, -0.05) is 12.1 Å². The van der Waals surface area contributed by atoms with E-state index in [-0.39, 0.29) is 29.7 Å². The lowest BCUT2D eigenvalue weighted by Gasteiger charge is -2.34. The minimum atomic E-state index is -0.253. The minimum Gasteiger partial charge on any atom is -0.369 e. The summed E-state index contributed by atoms with van der Waals surface area (Å²) >= 11 is 0. The summed E-state index contributed by atoms with van der Waals surface area (Å²) < 4.78 is 14.9. The normalized spacial score (nSPS) is 17.3. The lowest BCUT2D eigenvalue weighted by atomic mass is 10.0. The molecule has 1 saturated heterocycles. The summed E-state index contributed by atoms with van der Waals surface area (Å²) in [5.74, 6) is -0.321. The van der Waals surface area contributed by atoms with Gasteiger partial charge in [-0.15, -0.1) is 0 Å². The Morgan fingerprint density at radius 3 is 2.92 bits per heavy atom. The van der Waals surface area contributed by atoms with Crippen LogP contribution in [0.3, 0.4) is 0 Å². The van der Waals surface area contributed by atoms with Gasteiger partial charge in [-0.25, -0.2) is 4.39 Å². The zero-order valence-electron chi connectivity index (χ0n) is 14.0. The molecule has 0 saturated carbocycles. The number of amides is 1. The molecule has 1 amide bonds. The number of nitrogens with zero attached hydrogens (tertiary/aromatic N) is 2. The predicted octanol–water partition coefficient (Wildman–Crippen LogP) is 2.16. The molecule has 2 heterocycles. The van der Waals surface area contributed by atoms with Crippen molar-refractivity contribution in [3.05, 3.63) is 64.8 Å². The van der Waals surface area contributed by atoms with Crippen molar-refractivity contribution < 1.29 is 9.18 Å². The van der Waals surface area contributed by atoms with Crippen molar-refractivity contribution in [1.29, 1.82) is 0 Å². The third kappa shape index (κ3) is 4.68. The van der Waals surface area contributed by atoms with Gasteiger partial charge in [-0.05, 0) is 37.1 Å². The highest BCUT2D eigenvalue weighted by Gasteiger charge is 2.21. The number of aryl methyl sites for hydroxylation is 1. The molecule has 132 valence electrons. The summed E-state index contributed by atoms with van der Waals surface area (Å²) in [5.41, 5.74) is 0.736. The number of benzene rings is 1. The van der Waals surface area contributed by atoms with Crippen LogP contribution in [-0.4, -0.2) is 29.6 Å². The summed E-state index contributed by atoms with van der Waals surface area (Å²) in [4.78, 5) is 25.9. The van der Waals surface area contributed by atoms with Crippen molar-refractivity contribution >= 4 is 11.6 Å². The third-order valence-corrected chi connectivity index (χ3v) is 4.44. The van der Waals surface area contributed by atoms with Crippen LogP contribution in [0.1, 0.15) is 19.3 Å². The average Bonchev–Trinajstić information content (AvgIpc) is 2.61. The quantitative estimate of drug-likeness (QED) is 0.905. The van der Waals surface area contributed by atoms with E-state index in [1.165, 1.54) is 22.8 Å². The number of pyridine rings is 1. The van der Waals surface area contributed by atoms with Gasteiger partial charge in [0.15, 0.2) is 0 Å². The number of hydrogen-bond donors (Lipinski definition) is 1. The second-order valence-electron chi connectivity index (χ2n) is 6.31. The van der Waals surface area contributed by atoms with E-state index >= 15 is 0 Å². The van der Waals surface area contributed by atoms with Gasteiger partial charge in [0, 0.05) is 50.0 Å². The van der Waals surface area contributed by atoms with Gasteiger partial charge in [0.2, 0.25) is 5.91 Å². The maximum absolute atomic E-state index is 13.4. The van der Waals surface area contributed by atoms with Crippen LogP contribution < -0.4 is 15.8 Å². The van der Waals surface area contributed by atoms with Gasteiger partial charge < -0.3 is 14.8 Å². The minimum absolute atomic E-state index is 0.0389. The van der Waals surface area contributed by atoms with Gasteiger partial charge in [0.1, 0.15) is 5.82 Å². The van der Waals surface area contributed by atoms with Gasteiger partial charge in [-0.3, -0.25) is 9.59 Å². The van der Waals surface area contributed by atoms with Crippen LogP contribution in [0.5, 0.6) is 0 Å². The number of rotatable bonds is 5. The Kier molecular flexibility index (Phi) is 5.48. The molecule has 5 nitrogen and oxygen atoms in total. The molecule has 1 fully saturated rings. The van der Waals surface area contributed by atoms with Gasteiger partial charge in [0.05, 0.1) is 0 Å². The van der Waals surface area contributed by atoms with Crippen LogP contribution in [0.15, 0.2) is 53.5 Å². The highest BCUT2D eigenvalue weighted by atomic mass is 19.1. The Morgan fingerprint density at radius 1 is 1.24 bits per heavy atom. The van der Waals surface area contributed by atoms with Crippen LogP contribution in [-0.2, 0) is 11.3 Å². The maximum atomic E-state index is 13.4. The van der Waals surface area contributed by atoms with Crippen molar-refractivity contribution in [2.24, 2.45) is 0 Å². The highest BCUT2D eigenvalue weighted by molar-refractivity contribution is 5.76. The summed E-state index contributed by atoms with van der Waals surface area (Å²) in [6.07, 6.45) is 3.80. The number of nitrogens with one attached hydrogen (secondary N) is 1. The topological polar surface area (TPSA) is 54.3 Å². The fourth-order valence-electron chi connectivity index (χ4n) is 3.17. The van der Waals surface area contributed by atoms with E-state index in [1.807, 2.05) is 6.07 Å². The fourth-order valence-corrected chi connectivity index (χ4v) is 3.17. The molecule has 1 atom stereocenters. The number of carbonyl (C=O) groups excluding carboxylic acids is 1. The van der Waals surface area contributed by atoms with Crippen LogP contribution in [0, 0.1) is 5.82 Å². The molecule has 1 aliphatic rings. The molecular formula is C19H22FN3O2. The zero-order chi connectivity index (χ0) is 17.6. The number of aromatic nitrogens is 1. The summed E-state index contributed by atoms with van der Waals surface area (Å²) in [5, 5.41) is 3.03. The number of halogens is 1. The molecule has 6 heteroatoms. The van der Waals surface area contributed by atoms with E-state index in [1.54, 1.807) is 24.4 Å². The smallest absolute Gasteiger partial charge is 0.250 e. The lowest BCUT2D eigenvalue weighted by molar-refractivity contribution is -0.122. The SMILES string of the molecule is O=C(CCn1ccccc1=O)NC1CCCN(c2cccc(F)c2)C1. The number of carbonyl (C=O) groups is 1. The Balaban J connectivity index is 1.53. The molecule has 0 aliphatic carbocycles. The van der Waals surface area contributed by atoms with Crippen molar-refractivity contribution in [1.82, 2.24) is 9.88 Å². The van der Waals surface area contributed by atoms with E-state index in [9.17, 15) is 14.0 Å². The standard InChI is InChI=1S/C19H22FN3O2/c20-15-5-3-7-17(13-15)23-11-4-6-16(14-23)21-18(24)9-12-22-10-2-1-8-19(22)25/h1-3,5,7-8,10,13,16H,4,6,9,11-12,14H2,(H,21,24). The van der Waals surface area contributed by atoms with E-state index in [2.05, 4.69) is 10.2 Å². The molecule has 1 aromatic heterocycles. The summed E-state index contributed by atoms with van der Waals surface area (Å²) in [6.45, 7) is 1.89. The molecule has 2 aromatic rings. The molecule has 1 aromatic carbocycles. The zero-order valence-corrected chi connectivity index (χ0v) is 14.0. The van der Waals surface area contributed by atoms with Crippen molar-refractivity contribution in [2.45, 2.75) is 31.8 Å². The van der Waals surface area contributed by atoms with Crippen LogP contribution >= 0.6 is 0 Å². The molecule has 1 N–H and O–H groups in total. The third-order valence-electron chi connectivity index (χ3n) is 4.44. The monoisotopic (exact) mass is 343 g/mol. The average molecular weight is 343 g/mol. The molecule has 1 aliphatic heterocycles. The van der Waals surface area contributed by atoms with E-state index < -0.39 is 0 Å². The first-order chi connectivity index (χ1) is 12.1. The largest absolute Gasteiger partial charge is 0.369 e. The fraction of sp³-hybridized carbons (Fsp3) is 0.368. The summed E-state index contributed by atoms with van der Waals surface area (Å²) in [7, 11) is 0. The van der Waals surface area contributed by atoms with Crippen molar-refractivity contribution in [3.8, 4) is 0 Å². The van der Waals surface area contributed by atoms with Crippen molar-refractivity contribution in [3.63, 3.8) is 0 Å². The predicted molar refractivity (Wildman–Crippen MR) is 95.1 cm³/mol. The first kappa shape index (κ1) is 17.2. The Labute approximate surface area is 146 Å². The molecule has 0 radical (unpaired) electrons. The Morgan fingerprint density at radius 2 is 2.12 bits per heavy atom. The van der Waals surface area contributed by atoms with Crippen LogP contribution in [0.25, 0.3) is 0 Å². The van der Waals surface area contributed by atoms with Crippen LogP contribution in [0.2, 0.25) is 0 Å². The van der Waals surface area contributed by atoms with E-state index in [0.717, 1.165) is 25.1 Å². The molecule has 0 bridgehead atoms. The molecule has 25 heavy (non-hydrogen) atoms. The number of hydrogen-bond acceptors (Lipinski definition) is 3.